The predicted molar refractivity (Wildman–Crippen MR) is 111 cm³/mol. The van der Waals surface area contributed by atoms with E-state index < -0.39 is 21.7 Å². The fourth-order valence-corrected chi connectivity index (χ4v) is 6.26. The molecule has 30 heavy (non-hydrogen) atoms. The average molecular weight is 447 g/mol. The molecule has 0 spiro atoms. The minimum absolute atomic E-state index is 0.0253. The monoisotopic (exact) mass is 446 g/mol. The first-order valence-corrected chi connectivity index (χ1v) is 11.9. The number of amides is 1. The fourth-order valence-electron chi connectivity index (χ4n) is 3.22. The van der Waals surface area contributed by atoms with E-state index in [-0.39, 0.29) is 40.9 Å². The molecule has 0 atom stereocenters. The number of ether oxygens (including phenoxy) is 1. The zero-order valence-electron chi connectivity index (χ0n) is 16.0. The number of anilines is 1. The highest BCUT2D eigenvalue weighted by Gasteiger charge is 2.32. The molecule has 3 heterocycles. The molecule has 2 aromatic heterocycles. The van der Waals surface area contributed by atoms with Crippen molar-refractivity contribution in [2.24, 2.45) is 0 Å². The number of thiophene rings is 1. The lowest BCUT2D eigenvalue weighted by molar-refractivity contribution is 0.0527. The van der Waals surface area contributed by atoms with Crippen LogP contribution in [0, 0.1) is 0 Å². The molecule has 1 aliphatic rings. The maximum Gasteiger partial charge on any atom is 0.341 e. The Labute approximate surface area is 176 Å². The summed E-state index contributed by atoms with van der Waals surface area (Å²) in [4.78, 5) is 25.8. The van der Waals surface area contributed by atoms with Crippen LogP contribution in [0.3, 0.4) is 0 Å². The number of fused-ring (bicyclic) bond motifs is 1. The lowest BCUT2D eigenvalue weighted by Gasteiger charge is -2.13. The first-order valence-electron chi connectivity index (χ1n) is 9.23. The van der Waals surface area contributed by atoms with E-state index in [0.717, 1.165) is 16.9 Å². The van der Waals surface area contributed by atoms with E-state index in [9.17, 15) is 18.0 Å². The van der Waals surface area contributed by atoms with Gasteiger partial charge in [0.1, 0.15) is 10.7 Å². The van der Waals surface area contributed by atoms with E-state index in [1.165, 1.54) is 6.07 Å². The van der Waals surface area contributed by atoms with Crippen LogP contribution in [-0.2, 0) is 26.7 Å². The van der Waals surface area contributed by atoms with Gasteiger partial charge in [0.15, 0.2) is 9.84 Å². The van der Waals surface area contributed by atoms with Gasteiger partial charge in [-0.25, -0.2) is 13.2 Å². The van der Waals surface area contributed by atoms with Crippen molar-refractivity contribution in [2.45, 2.75) is 19.1 Å². The summed E-state index contributed by atoms with van der Waals surface area (Å²) in [7, 11) is -3.23. The second-order valence-corrected chi connectivity index (χ2v) is 9.96. The van der Waals surface area contributed by atoms with Crippen LogP contribution >= 0.6 is 11.3 Å². The van der Waals surface area contributed by atoms with Gasteiger partial charge in [0.2, 0.25) is 5.76 Å². The Bertz CT molecular complexity index is 1210. The summed E-state index contributed by atoms with van der Waals surface area (Å²) < 4.78 is 34.3. The van der Waals surface area contributed by atoms with Crippen LogP contribution in [0.4, 0.5) is 5.00 Å². The van der Waals surface area contributed by atoms with Crippen LogP contribution in [-0.4, -0.2) is 37.8 Å². The molecule has 10 heteroatoms. The number of nitrogens with one attached hydrogen (secondary N) is 1. The first-order chi connectivity index (χ1) is 14.4. The van der Waals surface area contributed by atoms with E-state index >= 15 is 0 Å². The smallest absolute Gasteiger partial charge is 0.341 e. The van der Waals surface area contributed by atoms with Crippen LogP contribution in [0.1, 0.15) is 38.3 Å². The number of carbonyl (C=O) groups excluding carboxylic acids is 2. The van der Waals surface area contributed by atoms with Crippen molar-refractivity contribution in [1.29, 1.82) is 0 Å². The van der Waals surface area contributed by atoms with Gasteiger partial charge < -0.3 is 14.6 Å². The fraction of sp³-hybridized carbons (Fsp3) is 0.250. The summed E-state index contributed by atoms with van der Waals surface area (Å²) in [6, 6.07) is 10.7. The van der Waals surface area contributed by atoms with Gasteiger partial charge in [-0.3, -0.25) is 4.79 Å². The van der Waals surface area contributed by atoms with Crippen molar-refractivity contribution in [1.82, 2.24) is 5.16 Å². The quantitative estimate of drug-likeness (QED) is 0.598. The van der Waals surface area contributed by atoms with Gasteiger partial charge >= 0.3 is 5.97 Å². The average Bonchev–Trinajstić information content (AvgIpc) is 3.32. The summed E-state index contributed by atoms with van der Waals surface area (Å²) in [5.74, 6) is -1.40. The molecular formula is C20H18N2O6S2. The zero-order valence-corrected chi connectivity index (χ0v) is 17.6. The highest BCUT2D eigenvalue weighted by molar-refractivity contribution is 7.90. The number of sulfone groups is 1. The molecule has 1 N–H and O–H groups in total. The maximum atomic E-state index is 12.7. The van der Waals surface area contributed by atoms with Gasteiger partial charge in [-0.05, 0) is 18.9 Å². The van der Waals surface area contributed by atoms with E-state index in [1.807, 2.05) is 30.3 Å². The van der Waals surface area contributed by atoms with Gasteiger partial charge in [0, 0.05) is 16.5 Å². The number of nitrogens with zero attached hydrogens (tertiary/aromatic N) is 1. The molecular weight excluding hydrogens is 428 g/mol. The van der Waals surface area contributed by atoms with E-state index in [2.05, 4.69) is 10.5 Å². The first kappa shape index (κ1) is 20.3. The van der Waals surface area contributed by atoms with Crippen LogP contribution in [0.5, 0.6) is 0 Å². The highest BCUT2D eigenvalue weighted by Crippen LogP contribution is 2.38. The minimum atomic E-state index is -3.23. The van der Waals surface area contributed by atoms with Crippen molar-refractivity contribution < 1.29 is 27.3 Å². The third-order valence-electron chi connectivity index (χ3n) is 4.61. The molecule has 0 fully saturated rings. The molecule has 0 unspecified atom stereocenters. The van der Waals surface area contributed by atoms with Gasteiger partial charge in [0.05, 0.1) is 23.7 Å². The molecule has 156 valence electrons. The molecule has 0 saturated carbocycles. The Morgan fingerprint density at radius 3 is 2.77 bits per heavy atom. The Morgan fingerprint density at radius 2 is 2.03 bits per heavy atom. The third kappa shape index (κ3) is 4.01. The SMILES string of the molecule is CCOC(=O)c1c(NC(=O)c2cc(-c3ccccc3)no2)sc2c1CCS(=O)(=O)C2. The molecule has 1 aromatic carbocycles. The Kier molecular flexibility index (Phi) is 5.44. The molecule has 3 aromatic rings. The molecule has 4 rings (SSSR count). The lowest BCUT2D eigenvalue weighted by atomic mass is 10.1. The predicted octanol–water partition coefficient (Wildman–Crippen LogP) is 3.30. The molecule has 0 saturated heterocycles. The van der Waals surface area contributed by atoms with E-state index in [4.69, 9.17) is 9.26 Å². The summed E-state index contributed by atoms with van der Waals surface area (Å²) in [6.07, 6.45) is 0.207. The topological polar surface area (TPSA) is 116 Å². The summed E-state index contributed by atoms with van der Waals surface area (Å²) in [6.45, 7) is 1.84. The number of rotatable bonds is 5. The molecule has 0 radical (unpaired) electrons. The summed E-state index contributed by atoms with van der Waals surface area (Å²) in [5, 5.41) is 6.83. The largest absolute Gasteiger partial charge is 0.462 e. The maximum absolute atomic E-state index is 12.7. The molecule has 0 aliphatic carbocycles. The van der Waals surface area contributed by atoms with Crippen molar-refractivity contribution in [2.75, 3.05) is 17.7 Å². The van der Waals surface area contributed by atoms with E-state index in [0.29, 0.717) is 16.1 Å². The molecule has 8 nitrogen and oxygen atoms in total. The second-order valence-electron chi connectivity index (χ2n) is 6.67. The number of hydrogen-bond donors (Lipinski definition) is 1. The number of aromatic nitrogens is 1. The normalized spacial score (nSPS) is 14.7. The van der Waals surface area contributed by atoms with Gasteiger partial charge in [-0.15, -0.1) is 11.3 Å². The van der Waals surface area contributed by atoms with Crippen LogP contribution < -0.4 is 5.32 Å². The van der Waals surface area contributed by atoms with E-state index in [1.54, 1.807) is 6.92 Å². The molecule has 1 aliphatic heterocycles. The van der Waals surface area contributed by atoms with Crippen LogP contribution in [0.25, 0.3) is 11.3 Å². The Morgan fingerprint density at radius 1 is 1.27 bits per heavy atom. The molecule has 0 bridgehead atoms. The third-order valence-corrected chi connectivity index (χ3v) is 7.50. The van der Waals surface area contributed by atoms with Gasteiger partial charge in [-0.1, -0.05) is 35.5 Å². The highest BCUT2D eigenvalue weighted by atomic mass is 32.2. The Balaban J connectivity index is 1.64. The summed E-state index contributed by atoms with van der Waals surface area (Å²) >= 11 is 1.07. The molecule has 1 amide bonds. The minimum Gasteiger partial charge on any atom is -0.462 e. The van der Waals surface area contributed by atoms with Crippen molar-refractivity contribution in [3.63, 3.8) is 0 Å². The van der Waals surface area contributed by atoms with Crippen molar-refractivity contribution in [3.8, 4) is 11.3 Å². The number of benzene rings is 1. The lowest BCUT2D eigenvalue weighted by Crippen LogP contribution is -2.20. The number of esters is 1. The number of carbonyl (C=O) groups is 2. The van der Waals surface area contributed by atoms with Crippen LogP contribution in [0.2, 0.25) is 0 Å². The zero-order chi connectivity index (χ0) is 21.3. The summed E-state index contributed by atoms with van der Waals surface area (Å²) in [5.41, 5.74) is 2.13. The second kappa shape index (κ2) is 8.04. The van der Waals surface area contributed by atoms with Gasteiger partial charge in [-0.2, -0.15) is 0 Å². The van der Waals surface area contributed by atoms with Gasteiger partial charge in [0.25, 0.3) is 5.91 Å². The van der Waals surface area contributed by atoms with Crippen molar-refractivity contribution >= 4 is 38.1 Å². The van der Waals surface area contributed by atoms with Crippen molar-refractivity contribution in [3.05, 3.63) is 58.2 Å². The van der Waals surface area contributed by atoms with Crippen LogP contribution in [0.15, 0.2) is 40.9 Å². The Hall–Kier alpha value is -2.98. The standard InChI is InChI=1S/C20H18N2O6S2/c1-2-27-20(24)17-13-8-9-30(25,26)11-16(13)29-19(17)21-18(23)15-10-14(22-28-15)12-6-4-3-5-7-12/h3-7,10H,2,8-9,11H2,1H3,(H,21,23). The number of hydrogen-bond acceptors (Lipinski definition) is 8.